The highest BCUT2D eigenvalue weighted by Gasteiger charge is 2.35. The zero-order valence-electron chi connectivity index (χ0n) is 9.51. The van der Waals surface area contributed by atoms with Crippen LogP contribution in [0.15, 0.2) is 0 Å². The minimum absolute atomic E-state index is 0.122. The first-order valence-electron chi connectivity index (χ1n) is 5.48. The van der Waals surface area contributed by atoms with Gasteiger partial charge < -0.3 is 5.32 Å². The summed E-state index contributed by atoms with van der Waals surface area (Å²) >= 11 is 7.58. The Balaban J connectivity index is 2.55. The molecule has 1 N–H and O–H groups in total. The maximum absolute atomic E-state index is 11.6. The lowest BCUT2D eigenvalue weighted by atomic mass is 9.77. The second kappa shape index (κ2) is 6.00. The van der Waals surface area contributed by atoms with E-state index >= 15 is 0 Å². The quantitative estimate of drug-likeness (QED) is 0.777. The van der Waals surface area contributed by atoms with Gasteiger partial charge in [0.25, 0.3) is 0 Å². The molecule has 0 aromatic carbocycles. The SMILES string of the molecule is CSCC(=O)NC1(CCl)CCCC(C)C1. The van der Waals surface area contributed by atoms with Gasteiger partial charge in [-0.05, 0) is 25.0 Å². The molecule has 0 heterocycles. The van der Waals surface area contributed by atoms with Crippen molar-refractivity contribution in [2.75, 3.05) is 17.9 Å². The average Bonchev–Trinajstić information content (AvgIpc) is 2.18. The predicted molar refractivity (Wildman–Crippen MR) is 67.6 cm³/mol. The van der Waals surface area contributed by atoms with E-state index < -0.39 is 0 Å². The smallest absolute Gasteiger partial charge is 0.230 e. The molecule has 0 spiro atoms. The first-order chi connectivity index (χ1) is 7.12. The normalized spacial score (nSPS) is 31.3. The molecule has 1 saturated carbocycles. The second-order valence-electron chi connectivity index (χ2n) is 4.60. The molecular weight excluding hydrogens is 230 g/mol. The van der Waals surface area contributed by atoms with Crippen LogP contribution >= 0.6 is 23.4 Å². The third kappa shape index (κ3) is 3.87. The Labute approximate surface area is 102 Å². The Hall–Kier alpha value is 0.110. The summed E-state index contributed by atoms with van der Waals surface area (Å²) in [5.74, 6) is 1.87. The third-order valence-electron chi connectivity index (χ3n) is 3.03. The summed E-state index contributed by atoms with van der Waals surface area (Å²) in [6.07, 6.45) is 6.43. The predicted octanol–water partition coefficient (Wildman–Crippen LogP) is 2.65. The number of thioether (sulfide) groups is 1. The van der Waals surface area contributed by atoms with Gasteiger partial charge in [0.05, 0.1) is 11.3 Å². The summed E-state index contributed by atoms with van der Waals surface area (Å²) in [4.78, 5) is 11.6. The van der Waals surface area contributed by atoms with E-state index in [1.165, 1.54) is 12.8 Å². The minimum Gasteiger partial charge on any atom is -0.349 e. The van der Waals surface area contributed by atoms with Gasteiger partial charge in [0, 0.05) is 5.88 Å². The largest absolute Gasteiger partial charge is 0.349 e. The molecule has 1 aliphatic carbocycles. The molecule has 0 saturated heterocycles. The van der Waals surface area contributed by atoms with Gasteiger partial charge in [0.1, 0.15) is 0 Å². The number of alkyl halides is 1. The lowest BCUT2D eigenvalue weighted by Gasteiger charge is -2.39. The fourth-order valence-corrected chi connectivity index (χ4v) is 3.04. The van der Waals surface area contributed by atoms with Crippen LogP contribution in [-0.4, -0.2) is 29.3 Å². The van der Waals surface area contributed by atoms with Gasteiger partial charge in [-0.3, -0.25) is 4.79 Å². The van der Waals surface area contributed by atoms with Gasteiger partial charge >= 0.3 is 0 Å². The van der Waals surface area contributed by atoms with Crippen molar-refractivity contribution in [2.45, 2.75) is 38.1 Å². The topological polar surface area (TPSA) is 29.1 Å². The van der Waals surface area contributed by atoms with Crippen molar-refractivity contribution in [3.05, 3.63) is 0 Å². The Morgan fingerprint density at radius 3 is 2.93 bits per heavy atom. The van der Waals surface area contributed by atoms with Gasteiger partial charge in [0.2, 0.25) is 5.91 Å². The highest BCUT2D eigenvalue weighted by atomic mass is 35.5. The second-order valence-corrected chi connectivity index (χ2v) is 5.73. The highest BCUT2D eigenvalue weighted by Crippen LogP contribution is 2.33. The number of rotatable bonds is 4. The molecule has 15 heavy (non-hydrogen) atoms. The van der Waals surface area contributed by atoms with Crippen molar-refractivity contribution in [3.8, 4) is 0 Å². The van der Waals surface area contributed by atoms with Crippen molar-refractivity contribution in [1.82, 2.24) is 5.32 Å². The number of hydrogen-bond acceptors (Lipinski definition) is 2. The van der Waals surface area contributed by atoms with Crippen molar-refractivity contribution >= 4 is 29.3 Å². The Morgan fingerprint density at radius 2 is 2.40 bits per heavy atom. The Morgan fingerprint density at radius 1 is 1.67 bits per heavy atom. The van der Waals surface area contributed by atoms with Crippen molar-refractivity contribution in [1.29, 1.82) is 0 Å². The van der Waals surface area contributed by atoms with Gasteiger partial charge in [-0.1, -0.05) is 19.8 Å². The molecule has 2 unspecified atom stereocenters. The van der Waals surface area contributed by atoms with Crippen molar-refractivity contribution in [3.63, 3.8) is 0 Å². The summed E-state index contributed by atoms with van der Waals surface area (Å²) in [5.41, 5.74) is -0.133. The van der Waals surface area contributed by atoms with Crippen LogP contribution in [0.5, 0.6) is 0 Å². The van der Waals surface area contributed by atoms with E-state index in [2.05, 4.69) is 12.2 Å². The molecule has 2 atom stereocenters. The van der Waals surface area contributed by atoms with Crippen LogP contribution in [0.25, 0.3) is 0 Å². The van der Waals surface area contributed by atoms with Gasteiger partial charge in [-0.15, -0.1) is 11.6 Å². The summed E-state index contributed by atoms with van der Waals surface area (Å²) in [6, 6.07) is 0. The van der Waals surface area contributed by atoms with E-state index in [0.717, 1.165) is 12.8 Å². The highest BCUT2D eigenvalue weighted by molar-refractivity contribution is 7.99. The molecule has 4 heteroatoms. The zero-order chi connectivity index (χ0) is 11.3. The molecule has 0 bridgehead atoms. The molecule has 1 amide bonds. The summed E-state index contributed by atoms with van der Waals surface area (Å²) in [5, 5.41) is 3.12. The lowest BCUT2D eigenvalue weighted by molar-refractivity contribution is -0.120. The number of carbonyl (C=O) groups is 1. The van der Waals surface area contributed by atoms with E-state index in [1.54, 1.807) is 11.8 Å². The van der Waals surface area contributed by atoms with E-state index in [9.17, 15) is 4.79 Å². The molecule has 1 fully saturated rings. The van der Waals surface area contributed by atoms with Crippen LogP contribution in [0.1, 0.15) is 32.6 Å². The monoisotopic (exact) mass is 249 g/mol. The van der Waals surface area contributed by atoms with Gasteiger partial charge in [-0.25, -0.2) is 0 Å². The van der Waals surface area contributed by atoms with Crippen LogP contribution in [0.2, 0.25) is 0 Å². The molecule has 1 aliphatic rings. The maximum Gasteiger partial charge on any atom is 0.230 e. The molecule has 0 aromatic heterocycles. The number of carbonyl (C=O) groups excluding carboxylic acids is 1. The van der Waals surface area contributed by atoms with E-state index in [4.69, 9.17) is 11.6 Å². The van der Waals surface area contributed by atoms with Crippen LogP contribution in [0.4, 0.5) is 0 Å². The van der Waals surface area contributed by atoms with Gasteiger partial charge in [-0.2, -0.15) is 11.8 Å². The van der Waals surface area contributed by atoms with Crippen LogP contribution < -0.4 is 5.32 Å². The first kappa shape index (κ1) is 13.2. The molecular formula is C11H20ClNOS. The number of halogens is 1. The number of hydrogen-bond donors (Lipinski definition) is 1. The fraction of sp³-hybridized carbons (Fsp3) is 0.909. The van der Waals surface area contributed by atoms with Crippen molar-refractivity contribution in [2.24, 2.45) is 5.92 Å². The standard InChI is InChI=1S/C11H20ClNOS/c1-9-4-3-5-11(6-9,8-12)13-10(14)7-15-2/h9H,3-8H2,1-2H3,(H,13,14). The Bertz CT molecular complexity index is 225. The molecule has 1 rings (SSSR count). The van der Waals surface area contributed by atoms with E-state index in [1.807, 2.05) is 6.26 Å². The summed E-state index contributed by atoms with van der Waals surface area (Å²) < 4.78 is 0. The minimum atomic E-state index is -0.133. The molecule has 2 nitrogen and oxygen atoms in total. The Kier molecular flexibility index (Phi) is 5.27. The van der Waals surface area contributed by atoms with Crippen molar-refractivity contribution < 1.29 is 4.79 Å². The summed E-state index contributed by atoms with van der Waals surface area (Å²) in [6.45, 7) is 2.24. The molecule has 0 radical (unpaired) electrons. The zero-order valence-corrected chi connectivity index (χ0v) is 11.1. The third-order valence-corrected chi connectivity index (χ3v) is 4.09. The average molecular weight is 250 g/mol. The number of nitrogens with one attached hydrogen (secondary N) is 1. The summed E-state index contributed by atoms with van der Waals surface area (Å²) in [7, 11) is 0. The van der Waals surface area contributed by atoms with E-state index in [0.29, 0.717) is 17.6 Å². The maximum atomic E-state index is 11.6. The number of amides is 1. The molecule has 88 valence electrons. The lowest BCUT2D eigenvalue weighted by Crippen LogP contribution is -2.53. The fourth-order valence-electron chi connectivity index (χ4n) is 2.39. The van der Waals surface area contributed by atoms with E-state index in [-0.39, 0.29) is 11.4 Å². The first-order valence-corrected chi connectivity index (χ1v) is 7.40. The molecule has 0 aromatic rings. The van der Waals surface area contributed by atoms with Gasteiger partial charge in [0.15, 0.2) is 0 Å². The van der Waals surface area contributed by atoms with Crippen LogP contribution in [0, 0.1) is 5.92 Å². The van der Waals surface area contributed by atoms with Crippen LogP contribution in [-0.2, 0) is 4.79 Å². The molecule has 0 aliphatic heterocycles. The van der Waals surface area contributed by atoms with Crippen LogP contribution in [0.3, 0.4) is 0 Å².